The highest BCUT2D eigenvalue weighted by atomic mass is 14.7. The molecule has 3 nitrogen and oxygen atoms in total. The van der Waals surface area contributed by atoms with E-state index in [0.29, 0.717) is 6.54 Å². The zero-order valence-corrected chi connectivity index (χ0v) is 6.57. The number of hydrogen-bond donors (Lipinski definition) is 1. The highest BCUT2D eigenvalue weighted by Gasteiger charge is 1.98. The van der Waals surface area contributed by atoms with Crippen molar-refractivity contribution >= 4 is 10.9 Å². The minimum absolute atomic E-state index is 0.510. The van der Waals surface area contributed by atoms with Gasteiger partial charge in [-0.2, -0.15) is 0 Å². The maximum Gasteiger partial charge on any atom is 0.0888 e. The van der Waals surface area contributed by atoms with Crippen molar-refractivity contribution < 1.29 is 0 Å². The smallest absolute Gasteiger partial charge is 0.0888 e. The van der Waals surface area contributed by atoms with Crippen molar-refractivity contribution in [3.05, 3.63) is 36.3 Å². The lowest BCUT2D eigenvalue weighted by molar-refractivity contribution is 1.06. The molecule has 3 heteroatoms. The first-order valence-corrected chi connectivity index (χ1v) is 3.79. The van der Waals surface area contributed by atoms with Gasteiger partial charge < -0.3 is 5.73 Å². The lowest BCUT2D eigenvalue weighted by Crippen LogP contribution is -1.98. The molecular weight excluding hydrogens is 150 g/mol. The van der Waals surface area contributed by atoms with E-state index in [9.17, 15) is 0 Å². The van der Waals surface area contributed by atoms with Gasteiger partial charge >= 0.3 is 0 Å². The second kappa shape index (κ2) is 2.87. The zero-order chi connectivity index (χ0) is 8.39. The molecule has 0 aromatic carbocycles. The zero-order valence-electron chi connectivity index (χ0n) is 6.57. The maximum atomic E-state index is 5.55. The van der Waals surface area contributed by atoms with Crippen LogP contribution in [0.4, 0.5) is 0 Å². The molecule has 0 spiro atoms. The summed E-state index contributed by atoms with van der Waals surface area (Å²) in [5, 5.41) is 1.09. The second-order valence-electron chi connectivity index (χ2n) is 2.57. The number of aromatic nitrogens is 2. The van der Waals surface area contributed by atoms with Crippen LogP contribution in [0.15, 0.2) is 30.7 Å². The molecule has 0 aliphatic rings. The Balaban J connectivity index is 2.79. The van der Waals surface area contributed by atoms with E-state index in [1.807, 2.05) is 12.1 Å². The molecule has 2 heterocycles. The average molecular weight is 159 g/mol. The molecule has 2 aromatic rings. The van der Waals surface area contributed by atoms with Crippen molar-refractivity contribution in [1.29, 1.82) is 0 Å². The van der Waals surface area contributed by atoms with Crippen LogP contribution in [-0.4, -0.2) is 9.97 Å². The van der Waals surface area contributed by atoms with Gasteiger partial charge in [-0.1, -0.05) is 6.07 Å². The van der Waals surface area contributed by atoms with Gasteiger partial charge in [0.15, 0.2) is 0 Å². The lowest BCUT2D eigenvalue weighted by atomic mass is 10.1. The first-order chi connectivity index (χ1) is 5.92. The summed E-state index contributed by atoms with van der Waals surface area (Å²) in [7, 11) is 0. The van der Waals surface area contributed by atoms with Gasteiger partial charge in [-0.05, 0) is 11.6 Å². The molecule has 2 aromatic heterocycles. The molecule has 12 heavy (non-hydrogen) atoms. The predicted molar refractivity (Wildman–Crippen MR) is 47.4 cm³/mol. The molecule has 0 unspecified atom stereocenters. The van der Waals surface area contributed by atoms with Crippen molar-refractivity contribution in [2.24, 2.45) is 5.73 Å². The lowest BCUT2D eigenvalue weighted by Gasteiger charge is -2.00. The Morgan fingerprint density at radius 1 is 1.33 bits per heavy atom. The fraction of sp³-hybridized carbons (Fsp3) is 0.111. The molecule has 0 aliphatic heterocycles. The third kappa shape index (κ3) is 1.04. The van der Waals surface area contributed by atoms with Crippen LogP contribution in [0.5, 0.6) is 0 Å². The summed E-state index contributed by atoms with van der Waals surface area (Å²) in [5.74, 6) is 0. The fourth-order valence-electron chi connectivity index (χ4n) is 1.22. The van der Waals surface area contributed by atoms with Gasteiger partial charge in [-0.15, -0.1) is 0 Å². The Hall–Kier alpha value is -1.48. The Kier molecular flexibility index (Phi) is 1.72. The fourth-order valence-corrected chi connectivity index (χ4v) is 1.22. The van der Waals surface area contributed by atoms with Crippen LogP contribution >= 0.6 is 0 Å². The van der Waals surface area contributed by atoms with Crippen molar-refractivity contribution in [3.8, 4) is 0 Å². The van der Waals surface area contributed by atoms with Crippen LogP contribution in [0.1, 0.15) is 5.56 Å². The van der Waals surface area contributed by atoms with E-state index in [1.54, 1.807) is 18.6 Å². The monoisotopic (exact) mass is 159 g/mol. The Bertz CT molecular complexity index is 392. The van der Waals surface area contributed by atoms with Gasteiger partial charge in [0, 0.05) is 24.3 Å². The van der Waals surface area contributed by atoms with E-state index < -0.39 is 0 Å². The summed E-state index contributed by atoms with van der Waals surface area (Å²) in [4.78, 5) is 8.21. The van der Waals surface area contributed by atoms with E-state index >= 15 is 0 Å². The summed E-state index contributed by atoms with van der Waals surface area (Å²) in [6.45, 7) is 0.510. The summed E-state index contributed by atoms with van der Waals surface area (Å²) < 4.78 is 0. The van der Waals surface area contributed by atoms with Crippen molar-refractivity contribution in [3.63, 3.8) is 0 Å². The molecule has 0 bridgehead atoms. The normalized spacial score (nSPS) is 10.4. The molecular formula is C9H9N3. The molecule has 60 valence electrons. The molecule has 0 saturated carbocycles. The number of pyridine rings is 2. The molecule has 0 aliphatic carbocycles. The first-order valence-electron chi connectivity index (χ1n) is 3.79. The van der Waals surface area contributed by atoms with Crippen LogP contribution < -0.4 is 5.73 Å². The van der Waals surface area contributed by atoms with Gasteiger partial charge in [0.05, 0.1) is 11.7 Å². The van der Waals surface area contributed by atoms with Crippen LogP contribution in [0.25, 0.3) is 10.9 Å². The Morgan fingerprint density at radius 2 is 2.25 bits per heavy atom. The number of nitrogens with two attached hydrogens (primary N) is 1. The van der Waals surface area contributed by atoms with Crippen LogP contribution in [0, 0.1) is 0 Å². The summed E-state index contributed by atoms with van der Waals surface area (Å²) in [6, 6.07) is 3.91. The third-order valence-corrected chi connectivity index (χ3v) is 1.83. The van der Waals surface area contributed by atoms with E-state index in [2.05, 4.69) is 9.97 Å². The Morgan fingerprint density at radius 3 is 3.08 bits per heavy atom. The molecule has 0 saturated heterocycles. The predicted octanol–water partition coefficient (Wildman–Crippen LogP) is 1.09. The number of rotatable bonds is 1. The summed E-state index contributed by atoms with van der Waals surface area (Å²) in [5.41, 5.74) is 7.49. The topological polar surface area (TPSA) is 51.8 Å². The standard InChI is InChI=1S/C9H9N3/c10-4-7-5-11-6-9-8(7)2-1-3-12-9/h1-3,5-6H,4,10H2. The van der Waals surface area contributed by atoms with E-state index in [4.69, 9.17) is 5.73 Å². The molecule has 0 fully saturated rings. The minimum Gasteiger partial charge on any atom is -0.326 e. The van der Waals surface area contributed by atoms with Crippen molar-refractivity contribution in [1.82, 2.24) is 9.97 Å². The Labute approximate surface area is 70.3 Å². The van der Waals surface area contributed by atoms with Gasteiger partial charge in [0.2, 0.25) is 0 Å². The van der Waals surface area contributed by atoms with Crippen LogP contribution in [0.2, 0.25) is 0 Å². The maximum absolute atomic E-state index is 5.55. The quantitative estimate of drug-likeness (QED) is 0.677. The highest BCUT2D eigenvalue weighted by molar-refractivity contribution is 5.80. The molecule has 2 N–H and O–H groups in total. The number of fused-ring (bicyclic) bond motifs is 1. The van der Waals surface area contributed by atoms with E-state index in [1.165, 1.54) is 0 Å². The van der Waals surface area contributed by atoms with Gasteiger partial charge in [0.1, 0.15) is 0 Å². The highest BCUT2D eigenvalue weighted by Crippen LogP contribution is 2.13. The minimum atomic E-state index is 0.510. The molecule has 2 rings (SSSR count). The van der Waals surface area contributed by atoms with Gasteiger partial charge in [-0.3, -0.25) is 9.97 Å². The molecule has 0 radical (unpaired) electrons. The largest absolute Gasteiger partial charge is 0.326 e. The number of nitrogens with zero attached hydrogens (tertiary/aromatic N) is 2. The summed E-state index contributed by atoms with van der Waals surface area (Å²) in [6.07, 6.45) is 5.28. The third-order valence-electron chi connectivity index (χ3n) is 1.83. The molecule has 0 atom stereocenters. The molecule has 0 amide bonds. The van der Waals surface area contributed by atoms with E-state index in [0.717, 1.165) is 16.5 Å². The van der Waals surface area contributed by atoms with Crippen LogP contribution in [-0.2, 0) is 6.54 Å². The van der Waals surface area contributed by atoms with Gasteiger partial charge in [-0.25, -0.2) is 0 Å². The second-order valence-corrected chi connectivity index (χ2v) is 2.57. The van der Waals surface area contributed by atoms with Crippen LogP contribution in [0.3, 0.4) is 0 Å². The van der Waals surface area contributed by atoms with Gasteiger partial charge in [0.25, 0.3) is 0 Å². The summed E-state index contributed by atoms with van der Waals surface area (Å²) >= 11 is 0. The van der Waals surface area contributed by atoms with E-state index in [-0.39, 0.29) is 0 Å². The SMILES string of the molecule is NCc1cncc2ncccc12. The first kappa shape index (κ1) is 7.18. The average Bonchev–Trinajstić information content (AvgIpc) is 2.17. The number of hydrogen-bond acceptors (Lipinski definition) is 3. The van der Waals surface area contributed by atoms with Crippen molar-refractivity contribution in [2.45, 2.75) is 6.54 Å². The van der Waals surface area contributed by atoms with Crippen molar-refractivity contribution in [2.75, 3.05) is 0 Å².